The molecule has 37 nitrogen and oxygen atoms in total. The van der Waals surface area contributed by atoms with Gasteiger partial charge in [-0.25, -0.2) is 83.4 Å². The Morgan fingerprint density at radius 3 is 1.18 bits per heavy atom. The van der Waals surface area contributed by atoms with Gasteiger partial charge in [0.2, 0.25) is 0 Å². The standard InChI is InChI=1S/C26H30FN5O4S.C25H29N5O4S.C24H31N7O3S.C24H33N5O4S/c1-5-36-21-13-17(8-10-19(21)27)20-11-9-18(24(30-20)32-15-16(2)14-26(32,3)4)25(33)31-37(34,35)22-7-6-12-29-23(22)28;1-16-14-25(2,3)30(15-16)23-19(11-12-20(28-23)17-7-9-18(34-4)10-8-17)24(31)29-35(32,33)21-6-5-13-27-22(21)26;1-14-12-24(4,5)31(13-14)22-17(9-10-18(27-22)20-15(2)28-30(6)16(20)3)23(32)29-35(33,34)19-8-7-11-26-21(19)25;1-16-13-24(2,3)29(14-16)22-19(23(30)27-34(31,32)28-12-11-17(25)15-28)9-10-20(26-22)18-7-5-6-8-21(18)33-4/h6-13,16H,5,14-15H2,1-4H3,(H2,28,29)(H,31,33);5-13,16H,14-15H2,1-4H3,(H2,26,27)(H,29,31);7-11,14H,12-13H2,1-6H3,(H2,25,26)(H,29,32);5-10,16-17H,11-15,25H2,1-4H3,(H,27,30)/t2*16-;14-;16-,17+/m0000/s1. The molecule has 0 aliphatic carbocycles. The molecule has 3 aromatic carbocycles. The van der Waals surface area contributed by atoms with Crippen LogP contribution in [0.25, 0.3) is 45.0 Å². The lowest BCUT2D eigenvalue weighted by atomic mass is 9.97. The van der Waals surface area contributed by atoms with Crippen molar-refractivity contribution in [3.63, 3.8) is 0 Å². The lowest BCUT2D eigenvalue weighted by Gasteiger charge is -2.34. The van der Waals surface area contributed by atoms with Gasteiger partial charge in [-0.2, -0.15) is 17.8 Å². The number of aryl methyl sites for hydroxylation is 2. The number of hydrogen-bond donors (Lipinski definition) is 8. The number of carbonyl (C=O) groups excluding carboxylic acids is 4. The third-order valence-electron chi connectivity index (χ3n) is 25.6. The number of methoxy groups -OCH3 is 2. The molecule has 13 heterocycles. The second-order valence-corrected chi connectivity index (χ2v) is 45.3. The number of aromatic nitrogens is 9. The maximum Gasteiger partial charge on any atom is 0.304 e. The number of para-hydroxylation sites is 1. The minimum atomic E-state index is -4.29. The highest BCUT2D eigenvalue weighted by atomic mass is 32.2. The predicted molar refractivity (Wildman–Crippen MR) is 540 cm³/mol. The lowest BCUT2D eigenvalue weighted by molar-refractivity contribution is 0.0970. The monoisotopic (exact) mass is 2010 g/mol. The van der Waals surface area contributed by atoms with E-state index in [1.165, 1.54) is 71.4 Å². The highest BCUT2D eigenvalue weighted by molar-refractivity contribution is 7.91. The van der Waals surface area contributed by atoms with Crippen molar-refractivity contribution in [3.05, 3.63) is 210 Å². The summed E-state index contributed by atoms with van der Waals surface area (Å²) in [5.41, 5.74) is 29.9. The van der Waals surface area contributed by atoms with Gasteiger partial charge in [0, 0.05) is 121 Å². The Balaban J connectivity index is 0.000000158. The summed E-state index contributed by atoms with van der Waals surface area (Å²) in [6.07, 6.45) is 8.30. The molecule has 5 aliphatic rings. The van der Waals surface area contributed by atoms with Crippen molar-refractivity contribution in [3.8, 4) is 62.3 Å². The number of sulfonamides is 3. The fourth-order valence-electron chi connectivity index (χ4n) is 19.3. The SMILES string of the molecule is CCOc1cc(-c2ccc(C(=O)NS(=O)(=O)c3cccnc3N)c(N3C[C@@H](C)CC3(C)C)n2)ccc1F.COc1ccc(-c2ccc(C(=O)NS(=O)(=O)c3cccnc3N)c(N3C[C@@H](C)CC3(C)C)n2)cc1.COc1ccccc1-c1ccc(C(=O)NS(=O)(=O)N2CC[C@@H](N)C2)c(N2C[C@@H](C)CC2(C)C)n1.Cc1nn(C)c(C)c1-c1ccc(C(=O)NS(=O)(=O)c2cccnc2N)c(N2C[C@@H](C)CC2(C)C)n1. The van der Waals surface area contributed by atoms with Crippen LogP contribution in [-0.4, -0.2) is 195 Å². The van der Waals surface area contributed by atoms with Crippen LogP contribution in [0, 0.1) is 43.3 Å². The summed E-state index contributed by atoms with van der Waals surface area (Å²) in [6, 6.07) is 40.5. The topological polar surface area (TPSA) is 509 Å². The quantitative estimate of drug-likeness (QED) is 0.0278. The van der Waals surface area contributed by atoms with E-state index in [4.69, 9.17) is 57.1 Å². The summed E-state index contributed by atoms with van der Waals surface area (Å²) in [4.78, 5) is 91.6. The van der Waals surface area contributed by atoms with E-state index >= 15 is 0 Å². The Hall–Kier alpha value is -13.6. The van der Waals surface area contributed by atoms with Gasteiger partial charge in [-0.05, 0) is 271 Å². The number of benzene rings is 3. The van der Waals surface area contributed by atoms with Crippen LogP contribution in [0.1, 0.15) is 175 Å². The number of ether oxygens (including phenoxy) is 3. The zero-order valence-corrected chi connectivity index (χ0v) is 85.5. The van der Waals surface area contributed by atoms with Crippen LogP contribution in [0.4, 0.5) is 45.1 Å². The molecule has 4 amide bonds. The number of nitrogen functional groups attached to an aromatic ring is 3. The Bertz CT molecular complexity index is 7060. The molecule has 0 saturated carbocycles. The zero-order chi connectivity index (χ0) is 103. The van der Waals surface area contributed by atoms with Crippen LogP contribution in [0.15, 0.2) is 185 Å². The molecule has 8 aromatic heterocycles. The van der Waals surface area contributed by atoms with E-state index in [1.807, 2.05) is 88.2 Å². The zero-order valence-electron chi connectivity index (χ0n) is 82.2. The van der Waals surface area contributed by atoms with Gasteiger partial charge in [0.15, 0.2) is 11.6 Å². The maximum atomic E-state index is 14.2. The molecular formula is C99H123FN22O15S4. The van der Waals surface area contributed by atoms with Crippen molar-refractivity contribution in [1.29, 1.82) is 0 Å². The summed E-state index contributed by atoms with van der Waals surface area (Å²) >= 11 is 0. The number of nitrogens with one attached hydrogen (secondary N) is 4. The van der Waals surface area contributed by atoms with Crippen molar-refractivity contribution in [2.45, 2.75) is 179 Å². The number of nitrogens with two attached hydrogens (primary N) is 4. The summed E-state index contributed by atoms with van der Waals surface area (Å²) in [7, 11) is -11.7. The highest BCUT2D eigenvalue weighted by Gasteiger charge is 2.45. The molecule has 5 aliphatic heterocycles. The molecule has 0 radical (unpaired) electrons. The van der Waals surface area contributed by atoms with Crippen LogP contribution in [0.5, 0.6) is 17.2 Å². The summed E-state index contributed by atoms with van der Waals surface area (Å²) in [5, 5.41) is 4.49. The Morgan fingerprint density at radius 1 is 0.454 bits per heavy atom. The van der Waals surface area contributed by atoms with Crippen LogP contribution < -0.4 is 75.6 Å². The number of rotatable bonds is 24. The third kappa shape index (κ3) is 23.4. The minimum Gasteiger partial charge on any atom is -0.497 e. The largest absolute Gasteiger partial charge is 0.497 e. The first-order valence-electron chi connectivity index (χ1n) is 46.0. The minimum absolute atomic E-state index is 0.0871. The Morgan fingerprint density at radius 2 is 0.823 bits per heavy atom. The first kappa shape index (κ1) is 105. The molecule has 0 bridgehead atoms. The average molecular weight is 2010 g/mol. The number of anilines is 7. The van der Waals surface area contributed by atoms with Gasteiger partial charge < -0.3 is 56.7 Å². The number of amides is 4. The summed E-state index contributed by atoms with van der Waals surface area (Å²) in [6.45, 7) is 34.4. The molecule has 0 unspecified atom stereocenters. The third-order valence-corrected chi connectivity index (χ3v) is 31.1. The molecule has 42 heteroatoms. The molecule has 5 fully saturated rings. The van der Waals surface area contributed by atoms with E-state index in [0.717, 1.165) is 59.5 Å². The van der Waals surface area contributed by atoms with E-state index in [0.29, 0.717) is 120 Å². The highest BCUT2D eigenvalue weighted by Crippen LogP contribution is 2.45. The molecule has 12 N–H and O–H groups in total. The van der Waals surface area contributed by atoms with Crippen molar-refractivity contribution in [2.75, 3.05) is 96.9 Å². The fraction of sp³-hybridized carbons (Fsp3) is 0.394. The molecule has 0 spiro atoms. The first-order chi connectivity index (χ1) is 66.3. The first-order valence-corrected chi connectivity index (χ1v) is 51.9. The van der Waals surface area contributed by atoms with E-state index in [-0.39, 0.29) is 101 Å². The van der Waals surface area contributed by atoms with Crippen LogP contribution in [0.3, 0.4) is 0 Å². The van der Waals surface area contributed by atoms with E-state index < -0.39 is 69.7 Å². The molecule has 750 valence electrons. The van der Waals surface area contributed by atoms with Gasteiger partial charge in [-0.1, -0.05) is 39.8 Å². The number of hydrogen-bond acceptors (Lipinski definition) is 31. The fourth-order valence-corrected chi connectivity index (χ4v) is 23.6. The number of pyridine rings is 7. The lowest BCUT2D eigenvalue weighted by Crippen LogP contribution is -2.44. The van der Waals surface area contributed by atoms with E-state index in [9.17, 15) is 57.2 Å². The van der Waals surface area contributed by atoms with E-state index in [2.05, 4.69) is 123 Å². The summed E-state index contributed by atoms with van der Waals surface area (Å²) < 4.78 is 145. The van der Waals surface area contributed by atoms with Gasteiger partial charge in [0.1, 0.15) is 66.9 Å². The second-order valence-electron chi connectivity index (χ2n) is 38.7. The van der Waals surface area contributed by atoms with Crippen LogP contribution >= 0.6 is 0 Å². The molecular weight excluding hydrogens is 1880 g/mol. The van der Waals surface area contributed by atoms with Crippen LogP contribution in [0.2, 0.25) is 0 Å². The van der Waals surface area contributed by atoms with Gasteiger partial charge >= 0.3 is 10.2 Å². The second kappa shape index (κ2) is 41.7. The maximum absolute atomic E-state index is 14.2. The Kier molecular flexibility index (Phi) is 31.0. The van der Waals surface area contributed by atoms with E-state index in [1.54, 1.807) is 80.4 Å². The Labute approximate surface area is 823 Å². The average Bonchev–Trinajstić information content (AvgIpc) is 1.65. The molecule has 141 heavy (non-hydrogen) atoms. The number of carbonyl (C=O) groups is 4. The molecule has 11 aromatic rings. The molecule has 16 rings (SSSR count). The smallest absolute Gasteiger partial charge is 0.304 e. The number of halogens is 1. The number of nitrogens with zero attached hydrogens (tertiary/aromatic N) is 14. The molecule has 5 saturated heterocycles. The van der Waals surface area contributed by atoms with Gasteiger partial charge in [0.05, 0.1) is 71.5 Å². The van der Waals surface area contributed by atoms with Crippen molar-refractivity contribution < 1.29 is 71.5 Å². The normalized spacial score (nSPS) is 18.6. The predicted octanol–water partition coefficient (Wildman–Crippen LogP) is 12.7. The van der Waals surface area contributed by atoms with Gasteiger partial charge in [-0.3, -0.25) is 23.9 Å². The molecule has 5 atom stereocenters. The van der Waals surface area contributed by atoms with Crippen molar-refractivity contribution in [1.82, 2.24) is 67.9 Å². The van der Waals surface area contributed by atoms with Gasteiger partial charge in [0.25, 0.3) is 53.7 Å². The summed E-state index contributed by atoms with van der Waals surface area (Å²) in [5.74, 6) is 0.450. The van der Waals surface area contributed by atoms with Crippen molar-refractivity contribution in [2.24, 2.45) is 36.5 Å². The van der Waals surface area contributed by atoms with Gasteiger partial charge in [-0.15, -0.1) is 0 Å². The van der Waals surface area contributed by atoms with Crippen molar-refractivity contribution >= 4 is 105 Å². The van der Waals surface area contributed by atoms with Crippen LogP contribution in [-0.2, 0) is 47.3 Å².